The fourth-order valence-electron chi connectivity index (χ4n) is 0.958. The van der Waals surface area contributed by atoms with E-state index in [2.05, 4.69) is 10.1 Å². The van der Waals surface area contributed by atoms with Crippen molar-refractivity contribution < 1.29 is 9.26 Å². The van der Waals surface area contributed by atoms with Crippen molar-refractivity contribution in [1.82, 2.24) is 5.16 Å². The predicted molar refractivity (Wildman–Crippen MR) is 60.6 cm³/mol. The number of aromatic nitrogens is 1. The van der Waals surface area contributed by atoms with Gasteiger partial charge >= 0.3 is 0 Å². The number of hydrogen-bond acceptors (Lipinski definition) is 4. The molecule has 1 aromatic rings. The first-order valence-corrected chi connectivity index (χ1v) is 5.00. The van der Waals surface area contributed by atoms with Gasteiger partial charge in [0.25, 0.3) is 0 Å². The fraction of sp³-hybridized carbons (Fsp3) is 0.600. The summed E-state index contributed by atoms with van der Waals surface area (Å²) in [4.78, 5) is 3.83. The molecule has 0 atom stereocenters. The van der Waals surface area contributed by atoms with Crippen LogP contribution >= 0.6 is 0 Å². The molecular formula is C10H18N4O2. The minimum absolute atomic E-state index is 0.0375. The molecule has 0 aliphatic carbocycles. The van der Waals surface area contributed by atoms with E-state index < -0.39 is 0 Å². The Hall–Kier alpha value is -1.56. The minimum atomic E-state index is -0.202. The van der Waals surface area contributed by atoms with Crippen LogP contribution < -0.4 is 11.5 Å². The molecule has 0 fully saturated rings. The summed E-state index contributed by atoms with van der Waals surface area (Å²) in [5.41, 5.74) is 10.9. The van der Waals surface area contributed by atoms with E-state index in [1.54, 1.807) is 6.07 Å². The fourth-order valence-corrected chi connectivity index (χ4v) is 0.958. The lowest BCUT2D eigenvalue weighted by Crippen LogP contribution is -2.22. The summed E-state index contributed by atoms with van der Waals surface area (Å²) in [5.74, 6) is 0.700. The zero-order valence-electron chi connectivity index (χ0n) is 9.86. The average Bonchev–Trinajstić information content (AvgIpc) is 2.58. The van der Waals surface area contributed by atoms with E-state index >= 15 is 0 Å². The maximum absolute atomic E-state index is 5.54. The van der Waals surface area contributed by atoms with Gasteiger partial charge in [0.05, 0.1) is 12.1 Å². The Balaban J connectivity index is 2.49. The van der Waals surface area contributed by atoms with Crippen LogP contribution in [0, 0.1) is 0 Å². The van der Waals surface area contributed by atoms with Gasteiger partial charge in [-0.25, -0.2) is 4.99 Å². The Morgan fingerprint density at radius 3 is 2.75 bits per heavy atom. The highest BCUT2D eigenvalue weighted by Crippen LogP contribution is 2.12. The molecule has 6 heteroatoms. The lowest BCUT2D eigenvalue weighted by atomic mass is 10.2. The number of nitrogens with zero attached hydrogens (tertiary/aromatic N) is 2. The van der Waals surface area contributed by atoms with E-state index in [9.17, 15) is 0 Å². The van der Waals surface area contributed by atoms with Crippen LogP contribution in [0.5, 0.6) is 0 Å². The summed E-state index contributed by atoms with van der Waals surface area (Å²) < 4.78 is 10.6. The second-order valence-corrected chi connectivity index (χ2v) is 4.43. The molecule has 0 saturated heterocycles. The molecule has 6 nitrogen and oxygen atoms in total. The van der Waals surface area contributed by atoms with Crippen LogP contribution in [0.4, 0.5) is 0 Å². The molecule has 90 valence electrons. The van der Waals surface area contributed by atoms with Gasteiger partial charge in [-0.3, -0.25) is 0 Å². The molecule has 0 aliphatic heterocycles. The van der Waals surface area contributed by atoms with E-state index in [1.165, 1.54) is 0 Å². The van der Waals surface area contributed by atoms with Gasteiger partial charge in [0, 0.05) is 6.07 Å². The van der Waals surface area contributed by atoms with Gasteiger partial charge < -0.3 is 20.7 Å². The van der Waals surface area contributed by atoms with Crippen LogP contribution in [0.3, 0.4) is 0 Å². The molecule has 0 saturated carbocycles. The van der Waals surface area contributed by atoms with Crippen LogP contribution in [0.25, 0.3) is 0 Å². The Bertz CT molecular complexity index is 361. The highest BCUT2D eigenvalue weighted by atomic mass is 16.5. The zero-order chi connectivity index (χ0) is 12.2. The minimum Gasteiger partial charge on any atom is -0.370 e. The van der Waals surface area contributed by atoms with Gasteiger partial charge in [0.15, 0.2) is 11.7 Å². The highest BCUT2D eigenvalue weighted by Gasteiger charge is 2.12. The lowest BCUT2D eigenvalue weighted by molar-refractivity contribution is -0.0241. The number of guanidine groups is 1. The smallest absolute Gasteiger partial charge is 0.186 e. The summed E-state index contributed by atoms with van der Waals surface area (Å²) in [7, 11) is 0. The zero-order valence-corrected chi connectivity index (χ0v) is 9.86. The molecule has 1 rings (SSSR count). The van der Waals surface area contributed by atoms with Crippen molar-refractivity contribution >= 4 is 5.96 Å². The highest BCUT2D eigenvalue weighted by molar-refractivity contribution is 5.75. The van der Waals surface area contributed by atoms with Crippen molar-refractivity contribution in [2.75, 3.05) is 0 Å². The lowest BCUT2D eigenvalue weighted by Gasteiger charge is -2.17. The topological polar surface area (TPSA) is 99.7 Å². The molecule has 0 spiro atoms. The molecule has 16 heavy (non-hydrogen) atoms. The Morgan fingerprint density at radius 2 is 2.19 bits per heavy atom. The summed E-state index contributed by atoms with van der Waals surface area (Å²) in [6.07, 6.45) is 0. The third-order valence-electron chi connectivity index (χ3n) is 1.68. The standard InChI is InChI=1S/C10H18N4O2/c1-10(2,3)15-6-8-4-7(14-16-8)5-13-9(11)12/h4H,5-6H2,1-3H3,(H4,11,12,13). The van der Waals surface area contributed by atoms with Gasteiger partial charge in [0.1, 0.15) is 12.3 Å². The maximum Gasteiger partial charge on any atom is 0.186 e. The van der Waals surface area contributed by atoms with Crippen LogP contribution in [-0.4, -0.2) is 16.7 Å². The van der Waals surface area contributed by atoms with E-state index in [0.29, 0.717) is 24.6 Å². The Morgan fingerprint density at radius 1 is 1.50 bits per heavy atom. The van der Waals surface area contributed by atoms with Crippen molar-refractivity contribution in [3.8, 4) is 0 Å². The first-order valence-electron chi connectivity index (χ1n) is 5.00. The van der Waals surface area contributed by atoms with Crippen molar-refractivity contribution in [2.45, 2.75) is 39.5 Å². The molecule has 0 bridgehead atoms. The SMILES string of the molecule is CC(C)(C)OCc1cc(CN=C(N)N)no1. The van der Waals surface area contributed by atoms with Gasteiger partial charge in [-0.2, -0.15) is 0 Å². The molecule has 4 N–H and O–H groups in total. The third-order valence-corrected chi connectivity index (χ3v) is 1.68. The third kappa shape index (κ3) is 4.79. The van der Waals surface area contributed by atoms with Crippen LogP contribution in [-0.2, 0) is 17.9 Å². The summed E-state index contributed by atoms with van der Waals surface area (Å²) >= 11 is 0. The number of rotatable bonds is 4. The van der Waals surface area contributed by atoms with Gasteiger partial charge in [-0.1, -0.05) is 5.16 Å². The molecule has 0 unspecified atom stereocenters. The van der Waals surface area contributed by atoms with Crippen LogP contribution in [0.15, 0.2) is 15.6 Å². The van der Waals surface area contributed by atoms with E-state index in [-0.39, 0.29) is 11.6 Å². The second-order valence-electron chi connectivity index (χ2n) is 4.43. The Labute approximate surface area is 94.6 Å². The molecule has 1 heterocycles. The average molecular weight is 226 g/mol. The van der Waals surface area contributed by atoms with Gasteiger partial charge in [0.2, 0.25) is 0 Å². The van der Waals surface area contributed by atoms with Crippen molar-refractivity contribution in [3.63, 3.8) is 0 Å². The van der Waals surface area contributed by atoms with Crippen molar-refractivity contribution in [2.24, 2.45) is 16.5 Å². The van der Waals surface area contributed by atoms with Gasteiger partial charge in [-0.15, -0.1) is 0 Å². The van der Waals surface area contributed by atoms with Gasteiger partial charge in [-0.05, 0) is 20.8 Å². The van der Waals surface area contributed by atoms with Crippen molar-refractivity contribution in [3.05, 3.63) is 17.5 Å². The monoisotopic (exact) mass is 226 g/mol. The molecule has 0 amide bonds. The number of hydrogen-bond donors (Lipinski definition) is 2. The molecule has 0 aromatic carbocycles. The first kappa shape index (κ1) is 12.5. The normalized spacial score (nSPS) is 11.4. The molecule has 0 radical (unpaired) electrons. The number of ether oxygens (including phenoxy) is 1. The number of aliphatic imine (C=N–C) groups is 1. The van der Waals surface area contributed by atoms with Crippen LogP contribution in [0.2, 0.25) is 0 Å². The molecule has 1 aromatic heterocycles. The van der Waals surface area contributed by atoms with E-state index in [4.69, 9.17) is 20.7 Å². The maximum atomic E-state index is 5.54. The second kappa shape index (κ2) is 4.98. The summed E-state index contributed by atoms with van der Waals surface area (Å²) in [6.45, 7) is 6.64. The quantitative estimate of drug-likeness (QED) is 0.583. The number of nitrogens with two attached hydrogens (primary N) is 2. The first-order chi connectivity index (χ1) is 7.37. The summed E-state index contributed by atoms with van der Waals surface area (Å²) in [5, 5.41) is 3.82. The molecule has 0 aliphatic rings. The summed E-state index contributed by atoms with van der Waals surface area (Å²) in [6, 6.07) is 1.78. The molecular weight excluding hydrogens is 208 g/mol. The van der Waals surface area contributed by atoms with Crippen LogP contribution in [0.1, 0.15) is 32.2 Å². The van der Waals surface area contributed by atoms with E-state index in [0.717, 1.165) is 0 Å². The largest absolute Gasteiger partial charge is 0.370 e. The predicted octanol–water partition coefficient (Wildman–Crippen LogP) is 0.763. The Kier molecular flexibility index (Phi) is 3.89. The van der Waals surface area contributed by atoms with E-state index in [1.807, 2.05) is 20.8 Å². The van der Waals surface area contributed by atoms with Crippen molar-refractivity contribution in [1.29, 1.82) is 0 Å².